The van der Waals surface area contributed by atoms with Gasteiger partial charge in [0.1, 0.15) is 0 Å². The number of rotatable bonds is 3. The molecule has 0 saturated carbocycles. The van der Waals surface area contributed by atoms with E-state index in [0.717, 1.165) is 0 Å². The van der Waals surface area contributed by atoms with E-state index in [1.54, 1.807) is 12.2 Å². The Bertz CT molecular complexity index is 81.2. The molecule has 0 unspecified atom stereocenters. The van der Waals surface area contributed by atoms with Gasteiger partial charge in [0.25, 0.3) is 0 Å². The van der Waals surface area contributed by atoms with E-state index in [9.17, 15) is 0 Å². The molecule has 1 nitrogen and oxygen atoms in total. The van der Waals surface area contributed by atoms with Gasteiger partial charge in [0, 0.05) is 0 Å². The summed E-state index contributed by atoms with van der Waals surface area (Å²) in [6.07, 6.45) is 5.90. The summed E-state index contributed by atoms with van der Waals surface area (Å²) in [5.41, 5.74) is 0. The molecule has 0 amide bonds. The van der Waals surface area contributed by atoms with Crippen LogP contribution in [0.2, 0.25) is 0 Å². The van der Waals surface area contributed by atoms with E-state index in [4.69, 9.17) is 0 Å². The molecule has 72 valence electrons. The molecule has 0 N–H and O–H groups in total. The van der Waals surface area contributed by atoms with Gasteiger partial charge in [-0.25, -0.2) is 0 Å². The predicted molar refractivity (Wildman–Crippen MR) is 60.0 cm³/mol. The molecular formula is C11H22O. The maximum Gasteiger partial charge on any atom is 0.0829 e. The third-order valence-electron chi connectivity index (χ3n) is 0.359. The summed E-state index contributed by atoms with van der Waals surface area (Å²) >= 11 is 0. The van der Waals surface area contributed by atoms with Crippen LogP contribution in [0.3, 0.4) is 0 Å². The third kappa shape index (κ3) is 170. The average molecular weight is 170 g/mol. The summed E-state index contributed by atoms with van der Waals surface area (Å²) < 4.78 is 4.36. The van der Waals surface area contributed by atoms with Gasteiger partial charge < -0.3 is 4.74 Å². The second-order valence-corrected chi connectivity index (χ2v) is 0.941. The first-order valence-corrected chi connectivity index (χ1v) is 3.44. The van der Waals surface area contributed by atoms with Crippen LogP contribution in [0.5, 0.6) is 0 Å². The highest BCUT2D eigenvalue weighted by Crippen LogP contribution is 1.65. The Morgan fingerprint density at radius 3 is 1.08 bits per heavy atom. The van der Waals surface area contributed by atoms with Crippen LogP contribution in [-0.4, -0.2) is 0 Å². The molecule has 0 radical (unpaired) electrons. The SMILES string of the molecule is C.C=CC=C.C=COC=C.CC. The van der Waals surface area contributed by atoms with Crippen molar-refractivity contribution in [3.8, 4) is 0 Å². The van der Waals surface area contributed by atoms with Crippen molar-refractivity contribution in [3.63, 3.8) is 0 Å². The van der Waals surface area contributed by atoms with E-state index in [-0.39, 0.29) is 7.43 Å². The largest absolute Gasteiger partial charge is 0.474 e. The number of allylic oxidation sites excluding steroid dienone is 2. The van der Waals surface area contributed by atoms with Gasteiger partial charge in [-0.3, -0.25) is 0 Å². The van der Waals surface area contributed by atoms with Gasteiger partial charge >= 0.3 is 0 Å². The summed E-state index contributed by atoms with van der Waals surface area (Å²) in [4.78, 5) is 0. The van der Waals surface area contributed by atoms with Crippen LogP contribution < -0.4 is 0 Å². The van der Waals surface area contributed by atoms with Crippen molar-refractivity contribution in [2.45, 2.75) is 21.3 Å². The zero-order valence-corrected chi connectivity index (χ0v) is 7.55. The second-order valence-electron chi connectivity index (χ2n) is 0.941. The molecule has 12 heavy (non-hydrogen) atoms. The summed E-state index contributed by atoms with van der Waals surface area (Å²) in [6, 6.07) is 0. The fourth-order valence-corrected chi connectivity index (χ4v) is 0.0680. The minimum absolute atomic E-state index is 0. The first-order valence-electron chi connectivity index (χ1n) is 3.44. The van der Waals surface area contributed by atoms with Crippen molar-refractivity contribution in [1.29, 1.82) is 0 Å². The Labute approximate surface area is 77.8 Å². The monoisotopic (exact) mass is 170 g/mol. The normalized spacial score (nSPS) is 4.50. The molecule has 0 atom stereocenters. The third-order valence-corrected chi connectivity index (χ3v) is 0.359. The maximum atomic E-state index is 4.36. The summed E-state index contributed by atoms with van der Waals surface area (Å²) in [5, 5.41) is 0. The van der Waals surface area contributed by atoms with E-state index in [1.165, 1.54) is 12.5 Å². The van der Waals surface area contributed by atoms with Gasteiger partial charge in [-0.05, 0) is 0 Å². The van der Waals surface area contributed by atoms with E-state index >= 15 is 0 Å². The molecule has 0 saturated heterocycles. The van der Waals surface area contributed by atoms with E-state index in [1.807, 2.05) is 13.8 Å². The van der Waals surface area contributed by atoms with E-state index < -0.39 is 0 Å². The summed E-state index contributed by atoms with van der Waals surface area (Å²) in [5.74, 6) is 0. The van der Waals surface area contributed by atoms with Crippen LogP contribution in [0.1, 0.15) is 21.3 Å². The highest BCUT2D eigenvalue weighted by atomic mass is 16.5. The van der Waals surface area contributed by atoms with Gasteiger partial charge in [0.05, 0.1) is 12.5 Å². The molecule has 0 aliphatic rings. The quantitative estimate of drug-likeness (QED) is 0.453. The van der Waals surface area contributed by atoms with Crippen LogP contribution in [-0.2, 0) is 4.74 Å². The maximum absolute atomic E-state index is 4.36. The average Bonchev–Trinajstić information content (AvgIpc) is 2.10. The minimum Gasteiger partial charge on any atom is -0.474 e. The van der Waals surface area contributed by atoms with Crippen LogP contribution in [0.15, 0.2) is 51.0 Å². The molecule has 0 aromatic rings. The van der Waals surface area contributed by atoms with Gasteiger partial charge in [-0.2, -0.15) is 0 Å². The van der Waals surface area contributed by atoms with Crippen LogP contribution in [0, 0.1) is 0 Å². The topological polar surface area (TPSA) is 9.23 Å². The summed E-state index contributed by atoms with van der Waals surface area (Å²) in [7, 11) is 0. The van der Waals surface area contributed by atoms with Crippen LogP contribution >= 0.6 is 0 Å². The van der Waals surface area contributed by atoms with Crippen molar-refractivity contribution in [3.05, 3.63) is 51.0 Å². The Balaban J connectivity index is -0.0000000419. The molecule has 1 heteroatoms. The van der Waals surface area contributed by atoms with Crippen molar-refractivity contribution in [1.82, 2.24) is 0 Å². The molecule has 0 heterocycles. The fourth-order valence-electron chi connectivity index (χ4n) is 0.0680. The van der Waals surface area contributed by atoms with Crippen molar-refractivity contribution >= 4 is 0 Å². The predicted octanol–water partition coefficient (Wildman–Crippen LogP) is 4.31. The Kier molecular flexibility index (Phi) is 99.0. The fraction of sp³-hybridized carbons (Fsp3) is 0.273. The van der Waals surface area contributed by atoms with E-state index in [2.05, 4.69) is 31.1 Å². The van der Waals surface area contributed by atoms with Crippen LogP contribution in [0.4, 0.5) is 0 Å². The first kappa shape index (κ1) is 22.4. The van der Waals surface area contributed by atoms with Gasteiger partial charge in [-0.15, -0.1) is 0 Å². The Morgan fingerprint density at radius 2 is 1.08 bits per heavy atom. The van der Waals surface area contributed by atoms with E-state index in [0.29, 0.717) is 0 Å². The highest BCUT2D eigenvalue weighted by Gasteiger charge is 1.45. The summed E-state index contributed by atoms with van der Waals surface area (Å²) in [6.45, 7) is 17.2. The van der Waals surface area contributed by atoms with Crippen molar-refractivity contribution in [2.75, 3.05) is 0 Å². The lowest BCUT2D eigenvalue weighted by molar-refractivity contribution is 0.406. The molecular weight excluding hydrogens is 148 g/mol. The standard InChI is InChI=1S/C4H6O.C4H6.C2H6.CH4/c1-3-5-4-2;1-3-4-2;1-2;/h3-4H,1-2H2;3-4H,1-2H2;1-2H3;1H4. The molecule has 0 aliphatic carbocycles. The minimum atomic E-state index is 0. The van der Waals surface area contributed by atoms with Gasteiger partial charge in [-0.1, -0.05) is 59.7 Å². The highest BCUT2D eigenvalue weighted by molar-refractivity contribution is 4.88. The Morgan fingerprint density at radius 1 is 0.833 bits per heavy atom. The van der Waals surface area contributed by atoms with Gasteiger partial charge in [0.2, 0.25) is 0 Å². The number of hydrogen-bond donors (Lipinski definition) is 0. The van der Waals surface area contributed by atoms with Crippen LogP contribution in [0.25, 0.3) is 0 Å². The number of hydrogen-bond acceptors (Lipinski definition) is 1. The lowest BCUT2D eigenvalue weighted by Gasteiger charge is -1.76. The first-order chi connectivity index (χ1) is 5.33. The molecule has 0 rings (SSSR count). The molecule has 0 spiro atoms. The van der Waals surface area contributed by atoms with Crippen molar-refractivity contribution in [2.24, 2.45) is 0 Å². The van der Waals surface area contributed by atoms with Crippen molar-refractivity contribution < 1.29 is 4.74 Å². The molecule has 0 aromatic carbocycles. The zero-order chi connectivity index (χ0) is 9.54. The zero-order valence-electron chi connectivity index (χ0n) is 7.55. The Hall–Kier alpha value is -1.24. The lowest BCUT2D eigenvalue weighted by atomic mass is 10.6. The molecule has 0 fully saturated rings. The molecule has 0 aliphatic heterocycles. The molecule has 0 aromatic heterocycles. The number of ether oxygens (including phenoxy) is 1. The smallest absolute Gasteiger partial charge is 0.0829 e. The van der Waals surface area contributed by atoms with Gasteiger partial charge in [0.15, 0.2) is 0 Å². The molecule has 0 bridgehead atoms. The second kappa shape index (κ2) is 53.0. The lowest BCUT2D eigenvalue weighted by Crippen LogP contribution is -1.52.